The van der Waals surface area contributed by atoms with E-state index in [1.54, 1.807) is 43.6 Å². The first kappa shape index (κ1) is 31.3. The lowest BCUT2D eigenvalue weighted by atomic mass is 10.0. The number of nitrogen functional groups attached to an aromatic ring is 2. The zero-order chi connectivity index (χ0) is 31.7. The highest BCUT2D eigenvalue weighted by molar-refractivity contribution is 6.36. The molecule has 0 amide bonds. The zero-order valence-electron chi connectivity index (χ0n) is 23.1. The van der Waals surface area contributed by atoms with Gasteiger partial charge < -0.3 is 20.9 Å². The van der Waals surface area contributed by atoms with Gasteiger partial charge in [0.1, 0.15) is 29.7 Å². The van der Waals surface area contributed by atoms with Crippen molar-refractivity contribution in [3.8, 4) is 33.8 Å². The maximum Gasteiger partial charge on any atom is 0.166 e. The van der Waals surface area contributed by atoms with Gasteiger partial charge in [0.05, 0.1) is 10.0 Å². The Hall–Kier alpha value is -4.18. The van der Waals surface area contributed by atoms with Crippen LogP contribution in [0.15, 0.2) is 67.0 Å². The van der Waals surface area contributed by atoms with E-state index in [1.807, 2.05) is 6.07 Å². The molecule has 0 bridgehead atoms. The Labute approximate surface area is 266 Å². The first-order valence-electron chi connectivity index (χ1n) is 13.1. The predicted molar refractivity (Wildman–Crippen MR) is 166 cm³/mol. The fraction of sp³-hybridized carbons (Fsp3) is 0.125. The molecule has 0 aliphatic rings. The predicted octanol–water partition coefficient (Wildman–Crippen LogP) is 9.43. The monoisotopic (exact) mass is 657 g/mol. The van der Waals surface area contributed by atoms with Gasteiger partial charge in [-0.1, -0.05) is 46.9 Å². The number of hydrogen-bond acceptors (Lipinski definition) is 6. The average Bonchev–Trinajstić information content (AvgIpc) is 2.99. The van der Waals surface area contributed by atoms with E-state index in [2.05, 4.69) is 16.0 Å². The van der Waals surface area contributed by atoms with Crippen LogP contribution >= 0.6 is 34.8 Å². The Morgan fingerprint density at radius 2 is 1.20 bits per heavy atom. The summed E-state index contributed by atoms with van der Waals surface area (Å²) in [5, 5.41) is -0.278. The van der Waals surface area contributed by atoms with Gasteiger partial charge in [-0.25, -0.2) is 23.1 Å². The summed E-state index contributed by atoms with van der Waals surface area (Å²) in [7, 11) is 0. The van der Waals surface area contributed by atoms with Gasteiger partial charge >= 0.3 is 0 Å². The number of halogens is 6. The van der Waals surface area contributed by atoms with E-state index in [1.165, 1.54) is 19.1 Å². The molecule has 0 saturated heterocycles. The van der Waals surface area contributed by atoms with E-state index in [0.29, 0.717) is 22.3 Å². The smallest absolute Gasteiger partial charge is 0.166 e. The van der Waals surface area contributed by atoms with Gasteiger partial charge in [0.25, 0.3) is 0 Å². The van der Waals surface area contributed by atoms with Crippen molar-refractivity contribution >= 4 is 46.4 Å². The SMILES string of the molecule is CC(Oc1cc(-c2cc[c]c(-c3cnc(N)c(OC(C)c4c(Cl)ccc(F)c4Cl)c3)c2)cnc1N)c1c(F)ccc(F)c1Cl. The van der Waals surface area contributed by atoms with Gasteiger partial charge in [0, 0.05) is 39.7 Å². The molecule has 5 aromatic rings. The number of benzene rings is 3. The molecule has 2 unspecified atom stereocenters. The minimum absolute atomic E-state index is 0.0494. The molecule has 0 aliphatic heterocycles. The van der Waals surface area contributed by atoms with E-state index >= 15 is 0 Å². The Bertz CT molecular complexity index is 1750. The highest BCUT2D eigenvalue weighted by Gasteiger charge is 2.22. The van der Waals surface area contributed by atoms with Crippen LogP contribution in [0.3, 0.4) is 0 Å². The van der Waals surface area contributed by atoms with Crippen LogP contribution in [0.25, 0.3) is 22.3 Å². The molecule has 2 aromatic heterocycles. The highest BCUT2D eigenvalue weighted by atomic mass is 35.5. The van der Waals surface area contributed by atoms with Crippen molar-refractivity contribution in [2.75, 3.05) is 11.5 Å². The molecule has 1 radical (unpaired) electrons. The second kappa shape index (κ2) is 12.8. The molecule has 2 atom stereocenters. The molecule has 0 fully saturated rings. The van der Waals surface area contributed by atoms with E-state index in [4.69, 9.17) is 55.7 Å². The van der Waals surface area contributed by atoms with Crippen LogP contribution in [0.4, 0.5) is 24.8 Å². The molecule has 0 saturated carbocycles. The second-order valence-corrected chi connectivity index (χ2v) is 10.9. The lowest BCUT2D eigenvalue weighted by molar-refractivity contribution is 0.221. The van der Waals surface area contributed by atoms with Crippen LogP contribution in [-0.4, -0.2) is 9.97 Å². The molecule has 3 aromatic carbocycles. The number of hydrogen-bond donors (Lipinski definition) is 2. The number of nitrogens with zero attached hydrogens (tertiary/aromatic N) is 2. The van der Waals surface area contributed by atoms with Crippen molar-refractivity contribution in [1.82, 2.24) is 9.97 Å². The molecule has 5 rings (SSSR count). The Balaban J connectivity index is 1.43. The lowest BCUT2D eigenvalue weighted by Gasteiger charge is -2.19. The molecular formula is C32H23Cl3F3N4O2. The first-order chi connectivity index (χ1) is 20.9. The van der Waals surface area contributed by atoms with Crippen molar-refractivity contribution in [2.24, 2.45) is 0 Å². The number of rotatable bonds is 8. The van der Waals surface area contributed by atoms with Gasteiger partial charge in [-0.15, -0.1) is 0 Å². The second-order valence-electron chi connectivity index (χ2n) is 9.74. The van der Waals surface area contributed by atoms with Crippen LogP contribution < -0.4 is 20.9 Å². The Kier molecular flexibility index (Phi) is 9.10. The summed E-state index contributed by atoms with van der Waals surface area (Å²) in [5.74, 6) is -1.58. The summed E-state index contributed by atoms with van der Waals surface area (Å²) < 4.78 is 54.5. The Morgan fingerprint density at radius 3 is 1.86 bits per heavy atom. The van der Waals surface area contributed by atoms with Crippen LogP contribution in [0.1, 0.15) is 37.2 Å². The van der Waals surface area contributed by atoms with Crippen molar-refractivity contribution < 1.29 is 22.6 Å². The summed E-state index contributed by atoms with van der Waals surface area (Å²) in [5.41, 5.74) is 14.8. The summed E-state index contributed by atoms with van der Waals surface area (Å²) in [6.45, 7) is 3.19. The normalized spacial score (nSPS) is 12.5. The lowest BCUT2D eigenvalue weighted by Crippen LogP contribution is -2.09. The van der Waals surface area contributed by atoms with Gasteiger partial charge in [0.2, 0.25) is 0 Å². The van der Waals surface area contributed by atoms with Crippen molar-refractivity contribution in [1.29, 1.82) is 0 Å². The summed E-state index contributed by atoms with van der Waals surface area (Å²) in [6.07, 6.45) is 1.37. The van der Waals surface area contributed by atoms with Crippen LogP contribution in [-0.2, 0) is 0 Å². The maximum atomic E-state index is 14.5. The zero-order valence-corrected chi connectivity index (χ0v) is 25.4. The van der Waals surface area contributed by atoms with Crippen molar-refractivity contribution in [2.45, 2.75) is 26.1 Å². The van der Waals surface area contributed by atoms with Gasteiger partial charge in [0.15, 0.2) is 23.1 Å². The van der Waals surface area contributed by atoms with Crippen molar-refractivity contribution in [3.63, 3.8) is 0 Å². The molecular weight excluding hydrogens is 636 g/mol. The summed E-state index contributed by atoms with van der Waals surface area (Å²) in [4.78, 5) is 8.47. The van der Waals surface area contributed by atoms with E-state index in [0.717, 1.165) is 12.1 Å². The minimum atomic E-state index is -0.976. The molecule has 2 heterocycles. The largest absolute Gasteiger partial charge is 0.482 e. The van der Waals surface area contributed by atoms with E-state index in [9.17, 15) is 13.2 Å². The standard InChI is InChI=1S/C32H23Cl3F3N4O2/c1-15(27-21(33)6-7-23(37)29(27)34)43-25-11-19(13-41-31(25)39)17-4-3-5-18(10-17)20-12-26(32(40)42-14-20)44-16(2)28-22(36)8-9-24(38)30(28)35/h3,5-16H,1-2H3,(H2,39,41)(H2,40,42). The quantitative estimate of drug-likeness (QED) is 0.161. The number of pyridine rings is 2. The molecule has 225 valence electrons. The highest BCUT2D eigenvalue weighted by Crippen LogP contribution is 2.38. The Morgan fingerprint density at radius 1 is 0.682 bits per heavy atom. The molecule has 0 aliphatic carbocycles. The third-order valence-electron chi connectivity index (χ3n) is 6.79. The molecule has 44 heavy (non-hydrogen) atoms. The van der Waals surface area contributed by atoms with E-state index < -0.39 is 29.7 Å². The summed E-state index contributed by atoms with van der Waals surface area (Å²) in [6, 6.07) is 16.3. The van der Waals surface area contributed by atoms with Crippen molar-refractivity contribution in [3.05, 3.63) is 117 Å². The molecule has 12 heteroatoms. The molecule has 4 N–H and O–H groups in total. The fourth-order valence-corrected chi connectivity index (χ4v) is 5.53. The topological polar surface area (TPSA) is 96.3 Å². The number of aromatic nitrogens is 2. The van der Waals surface area contributed by atoms with Crippen LogP contribution in [0.2, 0.25) is 15.1 Å². The third-order valence-corrected chi connectivity index (χ3v) is 7.89. The summed E-state index contributed by atoms with van der Waals surface area (Å²) >= 11 is 18.4. The van der Waals surface area contributed by atoms with Crippen LogP contribution in [0.5, 0.6) is 11.5 Å². The van der Waals surface area contributed by atoms with E-state index in [-0.39, 0.29) is 49.3 Å². The number of ether oxygens (including phenoxy) is 2. The average molecular weight is 659 g/mol. The maximum absolute atomic E-state index is 14.5. The van der Waals surface area contributed by atoms with Gasteiger partial charge in [-0.2, -0.15) is 0 Å². The molecule has 6 nitrogen and oxygen atoms in total. The fourth-order valence-electron chi connectivity index (χ4n) is 4.55. The van der Waals surface area contributed by atoms with Gasteiger partial charge in [-0.05, 0) is 73.5 Å². The number of nitrogens with two attached hydrogens (primary N) is 2. The minimum Gasteiger partial charge on any atom is -0.482 e. The third kappa shape index (κ3) is 6.36. The first-order valence-corrected chi connectivity index (χ1v) is 14.2. The molecule has 0 spiro atoms. The number of anilines is 2. The van der Waals surface area contributed by atoms with Crippen LogP contribution in [0, 0.1) is 23.5 Å². The van der Waals surface area contributed by atoms with Gasteiger partial charge in [-0.3, -0.25) is 0 Å².